The molecule has 0 amide bonds. The first-order chi connectivity index (χ1) is 17.0. The number of rotatable bonds is 1. The minimum absolute atomic E-state index is 0.149. The molecule has 0 spiro atoms. The maximum Gasteiger partial charge on any atom is 0.0431 e. The molecule has 182 valence electrons. The lowest BCUT2D eigenvalue weighted by molar-refractivity contribution is 0.604. The van der Waals surface area contributed by atoms with E-state index in [1.54, 1.807) is 0 Å². The summed E-state index contributed by atoms with van der Waals surface area (Å²) in [6, 6.07) is 14.8. The van der Waals surface area contributed by atoms with Gasteiger partial charge in [0.25, 0.3) is 0 Å². The van der Waals surface area contributed by atoms with E-state index >= 15 is 0 Å². The number of thiophene rings is 4. The van der Waals surface area contributed by atoms with Crippen LogP contribution in [0.2, 0.25) is 0 Å². The summed E-state index contributed by atoms with van der Waals surface area (Å²) in [5.74, 6) is 0. The van der Waals surface area contributed by atoms with Crippen LogP contribution in [-0.4, -0.2) is 0 Å². The first kappa shape index (κ1) is 23.2. The van der Waals surface area contributed by atoms with Crippen molar-refractivity contribution in [2.45, 2.75) is 65.7 Å². The van der Waals surface area contributed by atoms with Gasteiger partial charge in [-0.1, -0.05) is 48.5 Å². The molecule has 0 unspecified atom stereocenters. The second kappa shape index (κ2) is 7.54. The summed E-state index contributed by atoms with van der Waals surface area (Å²) in [5.41, 5.74) is 0.301. The molecule has 4 heterocycles. The molecule has 0 fully saturated rings. The smallest absolute Gasteiger partial charge is 0.0431 e. The molecule has 3 aromatic carbocycles. The van der Waals surface area contributed by atoms with Crippen LogP contribution in [0.25, 0.3) is 61.9 Å². The lowest BCUT2D eigenvalue weighted by Gasteiger charge is -2.15. The Labute approximate surface area is 228 Å². The standard InChI is InChI=1S/C32H30S4/c1-8-16-11-18-24-15-26(32(5,6)7)36-30(24)22-12-19-20(13-21(22)28(18)34-16)29-23(17-9-10-33-27(17)19)14-25(35-29)31(2,3)4/h9-15H,8H2,1-7H3. The lowest BCUT2D eigenvalue weighted by atomic mass is 9.93. The van der Waals surface area contributed by atoms with Crippen LogP contribution < -0.4 is 0 Å². The summed E-state index contributed by atoms with van der Waals surface area (Å²) in [6.45, 7) is 16.3. The predicted molar refractivity (Wildman–Crippen MR) is 170 cm³/mol. The maximum atomic E-state index is 2.54. The van der Waals surface area contributed by atoms with Crippen molar-refractivity contribution >= 4 is 107 Å². The summed E-state index contributed by atoms with van der Waals surface area (Å²) in [4.78, 5) is 4.42. The molecular weight excluding hydrogens is 513 g/mol. The fraction of sp³-hybridized carbons (Fsp3) is 0.312. The van der Waals surface area contributed by atoms with Crippen molar-refractivity contribution in [2.24, 2.45) is 0 Å². The van der Waals surface area contributed by atoms with E-state index < -0.39 is 0 Å². The average molecular weight is 543 g/mol. The molecule has 0 aliphatic rings. The van der Waals surface area contributed by atoms with Gasteiger partial charge in [0, 0.05) is 76.5 Å². The Kier molecular flexibility index (Phi) is 4.85. The quantitative estimate of drug-likeness (QED) is 0.181. The zero-order valence-electron chi connectivity index (χ0n) is 21.9. The van der Waals surface area contributed by atoms with Crippen LogP contribution in [0.5, 0.6) is 0 Å². The first-order valence-corrected chi connectivity index (χ1v) is 16.1. The molecule has 7 aromatic rings. The van der Waals surface area contributed by atoms with Gasteiger partial charge in [0.15, 0.2) is 0 Å². The van der Waals surface area contributed by atoms with E-state index in [0.29, 0.717) is 0 Å². The molecule has 4 aromatic heterocycles. The van der Waals surface area contributed by atoms with Gasteiger partial charge in [0.05, 0.1) is 0 Å². The second-order valence-corrected chi connectivity index (χ2v) is 16.3. The highest BCUT2D eigenvalue weighted by atomic mass is 32.1. The van der Waals surface area contributed by atoms with Gasteiger partial charge in [-0.05, 0) is 59.0 Å². The molecule has 0 N–H and O–H groups in total. The van der Waals surface area contributed by atoms with Crippen molar-refractivity contribution in [2.75, 3.05) is 0 Å². The minimum atomic E-state index is 0.149. The van der Waals surface area contributed by atoms with Crippen molar-refractivity contribution in [1.29, 1.82) is 0 Å². The summed E-state index contributed by atoms with van der Waals surface area (Å²) in [7, 11) is 0. The van der Waals surface area contributed by atoms with Crippen molar-refractivity contribution in [3.8, 4) is 0 Å². The fourth-order valence-electron chi connectivity index (χ4n) is 5.42. The molecule has 36 heavy (non-hydrogen) atoms. The van der Waals surface area contributed by atoms with Gasteiger partial charge in [0.2, 0.25) is 0 Å². The molecule has 0 nitrogen and oxygen atoms in total. The van der Waals surface area contributed by atoms with E-state index in [1.807, 2.05) is 45.3 Å². The predicted octanol–water partition coefficient (Wildman–Crippen LogP) is 12.0. The molecule has 4 heteroatoms. The van der Waals surface area contributed by atoms with Crippen molar-refractivity contribution < 1.29 is 0 Å². The third kappa shape index (κ3) is 3.21. The third-order valence-corrected chi connectivity index (χ3v) is 12.9. The van der Waals surface area contributed by atoms with Crippen molar-refractivity contribution in [3.63, 3.8) is 0 Å². The Bertz CT molecular complexity index is 1990. The van der Waals surface area contributed by atoms with E-state index in [2.05, 4.69) is 90.2 Å². The van der Waals surface area contributed by atoms with Gasteiger partial charge in [-0.3, -0.25) is 0 Å². The van der Waals surface area contributed by atoms with Gasteiger partial charge in [-0.15, -0.1) is 45.3 Å². The van der Waals surface area contributed by atoms with Gasteiger partial charge in [-0.25, -0.2) is 0 Å². The van der Waals surface area contributed by atoms with Gasteiger partial charge < -0.3 is 0 Å². The van der Waals surface area contributed by atoms with E-state index in [4.69, 9.17) is 0 Å². The van der Waals surface area contributed by atoms with Crippen LogP contribution in [-0.2, 0) is 17.3 Å². The Balaban J connectivity index is 1.73. The van der Waals surface area contributed by atoms with Gasteiger partial charge in [-0.2, -0.15) is 0 Å². The highest BCUT2D eigenvalue weighted by Crippen LogP contribution is 2.50. The Morgan fingerprint density at radius 2 is 0.972 bits per heavy atom. The highest BCUT2D eigenvalue weighted by molar-refractivity contribution is 7.23. The molecule has 0 radical (unpaired) electrons. The van der Waals surface area contributed by atoms with Crippen LogP contribution in [0.15, 0.2) is 41.8 Å². The minimum Gasteiger partial charge on any atom is -0.143 e. The number of hydrogen-bond donors (Lipinski definition) is 0. The van der Waals surface area contributed by atoms with E-state index in [-0.39, 0.29) is 10.8 Å². The Hall–Kier alpha value is -1.98. The lowest BCUT2D eigenvalue weighted by Crippen LogP contribution is -2.07. The third-order valence-electron chi connectivity index (χ3n) is 7.46. The van der Waals surface area contributed by atoms with Gasteiger partial charge >= 0.3 is 0 Å². The zero-order chi connectivity index (χ0) is 25.1. The van der Waals surface area contributed by atoms with Crippen LogP contribution in [0.4, 0.5) is 0 Å². The SMILES string of the molecule is CCc1cc2c3cc(C(C)(C)C)sc3c3cc4c(cc3c2s1)c1sc(C(C)(C)C)cc1c1ccsc14. The highest BCUT2D eigenvalue weighted by Gasteiger charge is 2.24. The topological polar surface area (TPSA) is 0 Å². The summed E-state index contributed by atoms with van der Waals surface area (Å²) in [6.07, 6.45) is 1.09. The number of hydrogen-bond acceptors (Lipinski definition) is 4. The number of aryl methyl sites for hydroxylation is 1. The molecule has 0 bridgehead atoms. The van der Waals surface area contributed by atoms with E-state index in [1.165, 1.54) is 76.5 Å². The summed E-state index contributed by atoms with van der Waals surface area (Å²) < 4.78 is 5.79. The van der Waals surface area contributed by atoms with E-state index in [0.717, 1.165) is 6.42 Å². The molecule has 0 saturated heterocycles. The Morgan fingerprint density at radius 3 is 1.50 bits per heavy atom. The van der Waals surface area contributed by atoms with Crippen LogP contribution in [0.1, 0.15) is 63.1 Å². The largest absolute Gasteiger partial charge is 0.143 e. The summed E-state index contributed by atoms with van der Waals surface area (Å²) in [5, 5.41) is 13.7. The Morgan fingerprint density at radius 1 is 0.528 bits per heavy atom. The van der Waals surface area contributed by atoms with Crippen LogP contribution in [0.3, 0.4) is 0 Å². The number of fused-ring (bicyclic) bond motifs is 12. The molecule has 7 rings (SSSR count). The van der Waals surface area contributed by atoms with Gasteiger partial charge in [0.1, 0.15) is 0 Å². The second-order valence-electron chi connectivity index (χ2n) is 12.1. The molecule has 0 aliphatic carbocycles. The normalized spacial score (nSPS) is 13.5. The monoisotopic (exact) mass is 542 g/mol. The maximum absolute atomic E-state index is 2.54. The average Bonchev–Trinajstić information content (AvgIpc) is 3.60. The van der Waals surface area contributed by atoms with Crippen molar-refractivity contribution in [1.82, 2.24) is 0 Å². The first-order valence-electron chi connectivity index (χ1n) is 12.7. The zero-order valence-corrected chi connectivity index (χ0v) is 25.1. The molecule has 0 atom stereocenters. The van der Waals surface area contributed by atoms with Crippen molar-refractivity contribution in [3.05, 3.63) is 56.4 Å². The molecule has 0 saturated carbocycles. The molecule has 0 aliphatic heterocycles. The number of benzene rings is 3. The van der Waals surface area contributed by atoms with E-state index in [9.17, 15) is 0 Å². The van der Waals surface area contributed by atoms with Crippen LogP contribution >= 0.6 is 45.3 Å². The summed E-state index contributed by atoms with van der Waals surface area (Å²) >= 11 is 7.89. The van der Waals surface area contributed by atoms with Crippen LogP contribution in [0, 0.1) is 0 Å². The molecular formula is C32H30S4. The fourth-order valence-corrected chi connectivity index (χ4v) is 10.0.